The fourth-order valence-electron chi connectivity index (χ4n) is 5.01. The first-order valence-corrected chi connectivity index (χ1v) is 12.2. The first-order valence-electron chi connectivity index (χ1n) is 12.2. The van der Waals surface area contributed by atoms with Crippen molar-refractivity contribution < 1.29 is 19.1 Å². The van der Waals surface area contributed by atoms with Crippen LogP contribution in [0.3, 0.4) is 0 Å². The summed E-state index contributed by atoms with van der Waals surface area (Å²) in [5.74, 6) is 2.46. The highest BCUT2D eigenvalue weighted by Gasteiger charge is 2.35. The number of aromatic nitrogens is 3. The summed E-state index contributed by atoms with van der Waals surface area (Å²) in [7, 11) is 0. The maximum Gasteiger partial charge on any atom is 0.229 e. The molecule has 1 fully saturated rings. The van der Waals surface area contributed by atoms with Gasteiger partial charge in [0.2, 0.25) is 11.8 Å². The van der Waals surface area contributed by atoms with E-state index in [1.54, 1.807) is 17.0 Å². The van der Waals surface area contributed by atoms with Gasteiger partial charge in [-0.05, 0) is 37.1 Å². The zero-order chi connectivity index (χ0) is 23.8. The number of aryl methyl sites for hydroxylation is 1. The number of amides is 2. The molecule has 9 heteroatoms. The molecule has 9 nitrogen and oxygen atoms in total. The third-order valence-corrected chi connectivity index (χ3v) is 6.83. The molecule has 0 radical (unpaired) electrons. The van der Waals surface area contributed by atoms with Crippen LogP contribution in [0.5, 0.6) is 11.5 Å². The Hall–Kier alpha value is -3.88. The fourth-order valence-corrected chi connectivity index (χ4v) is 5.01. The van der Waals surface area contributed by atoms with Crippen molar-refractivity contribution >= 4 is 23.2 Å². The smallest absolute Gasteiger partial charge is 0.229 e. The molecule has 3 aliphatic heterocycles. The van der Waals surface area contributed by atoms with E-state index < -0.39 is 5.92 Å². The summed E-state index contributed by atoms with van der Waals surface area (Å²) in [5.41, 5.74) is 2.32. The van der Waals surface area contributed by atoms with Crippen molar-refractivity contribution in [1.82, 2.24) is 14.8 Å². The number of hydrogen-bond donors (Lipinski definition) is 1. The first-order chi connectivity index (χ1) is 17.2. The van der Waals surface area contributed by atoms with E-state index in [0.29, 0.717) is 42.6 Å². The van der Waals surface area contributed by atoms with Gasteiger partial charge in [0.1, 0.15) is 19.0 Å². The standard InChI is InChI=1S/C26H27N5O4/c32-24-14-18(16-31(24)20-8-9-21-22(15-20)35-12-11-34-21)26(33)27-19-6-4-5-17(13-19)25-29-28-23-7-2-1-3-10-30(23)25/h4-6,8-9,13,15,18H,1-3,7,10-12,14,16H2,(H,27,33)/t18-/m0/s1. The first kappa shape index (κ1) is 21.6. The quantitative estimate of drug-likeness (QED) is 0.623. The Morgan fingerprint density at radius 1 is 1.00 bits per heavy atom. The number of nitrogens with one attached hydrogen (secondary N) is 1. The lowest BCUT2D eigenvalue weighted by atomic mass is 10.1. The molecule has 4 heterocycles. The summed E-state index contributed by atoms with van der Waals surface area (Å²) < 4.78 is 13.4. The topological polar surface area (TPSA) is 98.6 Å². The third-order valence-electron chi connectivity index (χ3n) is 6.83. The Morgan fingerprint density at radius 3 is 2.80 bits per heavy atom. The maximum absolute atomic E-state index is 13.1. The van der Waals surface area contributed by atoms with Crippen LogP contribution in [-0.2, 0) is 22.6 Å². The van der Waals surface area contributed by atoms with Gasteiger partial charge in [0.15, 0.2) is 17.3 Å². The van der Waals surface area contributed by atoms with E-state index in [-0.39, 0.29) is 18.2 Å². The lowest BCUT2D eigenvalue weighted by Crippen LogP contribution is -2.28. The lowest BCUT2D eigenvalue weighted by molar-refractivity contribution is -0.122. The van der Waals surface area contributed by atoms with Gasteiger partial charge in [0.25, 0.3) is 0 Å². The van der Waals surface area contributed by atoms with Gasteiger partial charge < -0.3 is 24.3 Å². The highest BCUT2D eigenvalue weighted by atomic mass is 16.6. The number of carbonyl (C=O) groups excluding carboxylic acids is 2. The van der Waals surface area contributed by atoms with Crippen molar-refractivity contribution in [1.29, 1.82) is 0 Å². The van der Waals surface area contributed by atoms with Gasteiger partial charge in [0.05, 0.1) is 5.92 Å². The monoisotopic (exact) mass is 473 g/mol. The van der Waals surface area contributed by atoms with Gasteiger partial charge in [-0.15, -0.1) is 10.2 Å². The Bertz CT molecular complexity index is 1290. The number of ether oxygens (including phenoxy) is 2. The minimum Gasteiger partial charge on any atom is -0.486 e. The summed E-state index contributed by atoms with van der Waals surface area (Å²) in [6.45, 7) is 2.22. The average molecular weight is 474 g/mol. The van der Waals surface area contributed by atoms with Crippen LogP contribution >= 0.6 is 0 Å². The van der Waals surface area contributed by atoms with Crippen molar-refractivity contribution in [2.75, 3.05) is 30.0 Å². The fraction of sp³-hybridized carbons (Fsp3) is 0.385. The predicted molar refractivity (Wildman–Crippen MR) is 130 cm³/mol. The molecule has 1 aromatic heterocycles. The molecule has 0 bridgehead atoms. The van der Waals surface area contributed by atoms with E-state index in [0.717, 1.165) is 43.0 Å². The Morgan fingerprint density at radius 2 is 1.89 bits per heavy atom. The molecule has 0 saturated carbocycles. The van der Waals surface area contributed by atoms with Gasteiger partial charge in [-0.25, -0.2) is 0 Å². The second-order valence-electron chi connectivity index (χ2n) is 9.21. The van der Waals surface area contributed by atoms with Crippen LogP contribution in [0.25, 0.3) is 11.4 Å². The van der Waals surface area contributed by atoms with Crippen LogP contribution in [0.15, 0.2) is 42.5 Å². The van der Waals surface area contributed by atoms with Crippen molar-refractivity contribution in [2.45, 2.75) is 38.6 Å². The molecule has 6 rings (SSSR count). The van der Waals surface area contributed by atoms with Crippen molar-refractivity contribution in [3.05, 3.63) is 48.3 Å². The van der Waals surface area contributed by atoms with Crippen molar-refractivity contribution in [3.8, 4) is 22.9 Å². The molecular formula is C26H27N5O4. The minimum absolute atomic E-state index is 0.0817. The Kier molecular flexibility index (Phi) is 5.60. The van der Waals surface area contributed by atoms with E-state index in [1.165, 1.54) is 6.42 Å². The summed E-state index contributed by atoms with van der Waals surface area (Å²) >= 11 is 0. The van der Waals surface area contributed by atoms with Gasteiger partial charge in [-0.1, -0.05) is 18.6 Å². The van der Waals surface area contributed by atoms with E-state index in [2.05, 4.69) is 20.1 Å². The second-order valence-corrected chi connectivity index (χ2v) is 9.21. The molecule has 1 atom stereocenters. The van der Waals surface area contributed by atoms with E-state index >= 15 is 0 Å². The molecule has 3 aromatic rings. The second kappa shape index (κ2) is 9.05. The number of benzene rings is 2. The van der Waals surface area contributed by atoms with Crippen LogP contribution < -0.4 is 19.7 Å². The van der Waals surface area contributed by atoms with Crippen LogP contribution in [0.1, 0.15) is 31.5 Å². The Labute approximate surface area is 203 Å². The number of rotatable bonds is 4. The highest BCUT2D eigenvalue weighted by molar-refractivity contribution is 6.03. The largest absolute Gasteiger partial charge is 0.486 e. The molecule has 180 valence electrons. The van der Waals surface area contributed by atoms with Crippen LogP contribution in [0, 0.1) is 5.92 Å². The van der Waals surface area contributed by atoms with Gasteiger partial charge in [0, 0.05) is 48.9 Å². The number of hydrogen-bond acceptors (Lipinski definition) is 6. The summed E-state index contributed by atoms with van der Waals surface area (Å²) in [6, 6.07) is 13.1. The van der Waals surface area contributed by atoms with Crippen molar-refractivity contribution in [2.24, 2.45) is 5.92 Å². The molecule has 0 spiro atoms. The van der Waals surface area contributed by atoms with Gasteiger partial charge >= 0.3 is 0 Å². The normalized spacial score (nSPS) is 19.3. The van der Waals surface area contributed by atoms with E-state index in [1.807, 2.05) is 30.3 Å². The SMILES string of the molecule is O=C(Nc1cccc(-c2nnc3n2CCCCC3)c1)[C@H]1CC(=O)N(c2ccc3c(c2)OCCO3)C1. The zero-order valence-electron chi connectivity index (χ0n) is 19.4. The van der Waals surface area contributed by atoms with Gasteiger partial charge in [-0.3, -0.25) is 9.59 Å². The van der Waals surface area contributed by atoms with Crippen LogP contribution in [0.4, 0.5) is 11.4 Å². The molecular weight excluding hydrogens is 446 g/mol. The molecule has 35 heavy (non-hydrogen) atoms. The number of anilines is 2. The zero-order valence-corrected chi connectivity index (χ0v) is 19.4. The molecule has 1 saturated heterocycles. The molecule has 0 aliphatic carbocycles. The van der Waals surface area contributed by atoms with Crippen LogP contribution in [-0.4, -0.2) is 46.3 Å². The lowest BCUT2D eigenvalue weighted by Gasteiger charge is -2.22. The molecule has 0 unspecified atom stereocenters. The minimum atomic E-state index is -0.441. The van der Waals surface area contributed by atoms with Crippen molar-refractivity contribution in [3.63, 3.8) is 0 Å². The molecule has 3 aliphatic rings. The molecule has 2 aromatic carbocycles. The summed E-state index contributed by atoms with van der Waals surface area (Å²) in [4.78, 5) is 27.5. The van der Waals surface area contributed by atoms with E-state index in [4.69, 9.17) is 9.47 Å². The summed E-state index contributed by atoms with van der Waals surface area (Å²) in [5, 5.41) is 11.8. The summed E-state index contributed by atoms with van der Waals surface area (Å²) in [6.07, 6.45) is 4.56. The van der Waals surface area contributed by atoms with Crippen LogP contribution in [0.2, 0.25) is 0 Å². The number of carbonyl (C=O) groups is 2. The third kappa shape index (κ3) is 4.22. The number of fused-ring (bicyclic) bond motifs is 2. The average Bonchev–Trinajstić information content (AvgIpc) is 3.39. The predicted octanol–water partition coefficient (Wildman–Crippen LogP) is 3.43. The van der Waals surface area contributed by atoms with Gasteiger partial charge in [-0.2, -0.15) is 0 Å². The molecule has 2 amide bonds. The maximum atomic E-state index is 13.1. The van der Waals surface area contributed by atoms with E-state index in [9.17, 15) is 9.59 Å². The highest BCUT2D eigenvalue weighted by Crippen LogP contribution is 2.36. The number of nitrogens with zero attached hydrogens (tertiary/aromatic N) is 4. The molecule has 1 N–H and O–H groups in total. The Balaban J connectivity index is 1.16.